The van der Waals surface area contributed by atoms with Gasteiger partial charge >= 0.3 is 6.18 Å². The van der Waals surface area contributed by atoms with Gasteiger partial charge in [0.25, 0.3) is 5.91 Å². The molecule has 1 amide bonds. The Hall–Kier alpha value is -1.44. The highest BCUT2D eigenvalue weighted by Crippen LogP contribution is 2.38. The van der Waals surface area contributed by atoms with E-state index in [-0.39, 0.29) is 20.8 Å². The van der Waals surface area contributed by atoms with E-state index in [0.29, 0.717) is 4.68 Å². The van der Waals surface area contributed by atoms with Gasteiger partial charge in [0.15, 0.2) is 5.69 Å². The molecule has 0 aliphatic rings. The zero-order valence-electron chi connectivity index (χ0n) is 10.8. The number of hydrogen-bond acceptors (Lipinski definition) is 2. The second kappa shape index (κ2) is 5.98. The van der Waals surface area contributed by atoms with Crippen LogP contribution in [-0.2, 0) is 6.18 Å². The Morgan fingerprint density at radius 2 is 1.77 bits per heavy atom. The van der Waals surface area contributed by atoms with Gasteiger partial charge in [0.2, 0.25) is 0 Å². The molecule has 1 heterocycles. The number of alkyl halides is 3. The topological polar surface area (TPSA) is 46.9 Å². The number of aromatic nitrogens is 2. The first-order valence-electron chi connectivity index (χ1n) is 5.69. The van der Waals surface area contributed by atoms with Crippen molar-refractivity contribution in [1.29, 1.82) is 0 Å². The zero-order chi connectivity index (χ0) is 16.7. The summed E-state index contributed by atoms with van der Waals surface area (Å²) in [6, 6.07) is 2.46. The van der Waals surface area contributed by atoms with Crippen LogP contribution in [0.5, 0.6) is 0 Å². The Labute approximate surface area is 137 Å². The first kappa shape index (κ1) is 16.9. The van der Waals surface area contributed by atoms with Crippen LogP contribution < -0.4 is 5.32 Å². The molecule has 0 saturated heterocycles. The van der Waals surface area contributed by atoms with E-state index in [2.05, 4.69) is 10.4 Å². The summed E-state index contributed by atoms with van der Waals surface area (Å²) in [5.74, 6) is -0.931. The van der Waals surface area contributed by atoms with Gasteiger partial charge < -0.3 is 5.32 Å². The molecule has 0 radical (unpaired) electrons. The van der Waals surface area contributed by atoms with Crippen LogP contribution in [0, 0.1) is 0 Å². The number of benzene rings is 1. The van der Waals surface area contributed by atoms with Gasteiger partial charge in [-0.15, -0.1) is 0 Å². The molecule has 0 spiro atoms. The Balaban J connectivity index is 2.78. The molecular formula is C12H7Cl3F3N3O. The summed E-state index contributed by atoms with van der Waals surface area (Å²) in [6.45, 7) is 0. The van der Waals surface area contributed by atoms with E-state index in [0.717, 1.165) is 6.20 Å². The van der Waals surface area contributed by atoms with Gasteiger partial charge in [0, 0.05) is 12.1 Å². The number of rotatable bonds is 2. The highest BCUT2D eigenvalue weighted by Gasteiger charge is 2.41. The van der Waals surface area contributed by atoms with E-state index in [9.17, 15) is 18.0 Å². The van der Waals surface area contributed by atoms with Gasteiger partial charge in [-0.05, 0) is 12.1 Å². The maximum atomic E-state index is 13.3. The third-order valence-electron chi connectivity index (χ3n) is 2.70. The Morgan fingerprint density at radius 1 is 1.23 bits per heavy atom. The van der Waals surface area contributed by atoms with Crippen LogP contribution in [0.4, 0.5) is 13.2 Å². The van der Waals surface area contributed by atoms with E-state index in [1.807, 2.05) is 0 Å². The van der Waals surface area contributed by atoms with Crippen molar-refractivity contribution in [3.8, 4) is 5.69 Å². The summed E-state index contributed by atoms with van der Waals surface area (Å²) >= 11 is 17.6. The molecule has 0 aliphatic heterocycles. The van der Waals surface area contributed by atoms with Gasteiger partial charge in [-0.2, -0.15) is 18.3 Å². The maximum absolute atomic E-state index is 13.3. The van der Waals surface area contributed by atoms with E-state index < -0.39 is 23.3 Å². The van der Waals surface area contributed by atoms with Crippen molar-refractivity contribution < 1.29 is 18.0 Å². The van der Waals surface area contributed by atoms with Crippen LogP contribution in [0.3, 0.4) is 0 Å². The van der Waals surface area contributed by atoms with Gasteiger partial charge in [-0.1, -0.05) is 34.8 Å². The van der Waals surface area contributed by atoms with E-state index >= 15 is 0 Å². The van der Waals surface area contributed by atoms with E-state index in [1.165, 1.54) is 19.2 Å². The Morgan fingerprint density at radius 3 is 2.23 bits per heavy atom. The molecule has 10 heteroatoms. The molecule has 1 aromatic carbocycles. The number of hydrogen-bond donors (Lipinski definition) is 1. The van der Waals surface area contributed by atoms with Gasteiger partial charge in [0.05, 0.1) is 21.8 Å². The second-order valence-corrected chi connectivity index (χ2v) is 5.36. The first-order chi connectivity index (χ1) is 10.2. The third kappa shape index (κ3) is 3.02. The van der Waals surface area contributed by atoms with Gasteiger partial charge in [0.1, 0.15) is 5.69 Å². The summed E-state index contributed by atoms with van der Waals surface area (Å²) < 4.78 is 40.4. The first-order valence-corrected chi connectivity index (χ1v) is 6.82. The van der Waals surface area contributed by atoms with Crippen molar-refractivity contribution in [2.45, 2.75) is 6.18 Å². The molecule has 1 N–H and O–H groups in total. The molecule has 0 fully saturated rings. The molecule has 0 unspecified atom stereocenters. The van der Waals surface area contributed by atoms with Crippen LogP contribution in [0.15, 0.2) is 18.3 Å². The average molecular weight is 373 g/mol. The van der Waals surface area contributed by atoms with Crippen LogP contribution in [-0.4, -0.2) is 22.7 Å². The normalized spacial score (nSPS) is 11.6. The molecule has 2 rings (SSSR count). The Kier molecular flexibility index (Phi) is 4.60. The fourth-order valence-electron chi connectivity index (χ4n) is 1.83. The number of carbonyl (C=O) groups is 1. The lowest BCUT2D eigenvalue weighted by Gasteiger charge is -2.14. The molecule has 1 aromatic heterocycles. The number of nitrogens with zero attached hydrogens (tertiary/aromatic N) is 2. The number of amides is 1. The number of carbonyl (C=O) groups excluding carboxylic acids is 1. The minimum atomic E-state index is -4.84. The van der Waals surface area contributed by atoms with Gasteiger partial charge in [-0.3, -0.25) is 4.79 Å². The predicted molar refractivity (Wildman–Crippen MR) is 77.0 cm³/mol. The van der Waals surface area contributed by atoms with Crippen molar-refractivity contribution in [3.63, 3.8) is 0 Å². The SMILES string of the molecule is CNC(=O)c1cnn(-c2c(Cl)cc(Cl)cc2Cl)c1C(F)(F)F. The van der Waals surface area contributed by atoms with Crippen molar-refractivity contribution in [3.05, 3.63) is 44.7 Å². The smallest absolute Gasteiger partial charge is 0.355 e. The molecule has 0 atom stereocenters. The molecule has 0 bridgehead atoms. The van der Waals surface area contributed by atoms with Crippen molar-refractivity contribution in [2.75, 3.05) is 7.05 Å². The van der Waals surface area contributed by atoms with Crippen molar-refractivity contribution >= 4 is 40.7 Å². The molecule has 0 aliphatic carbocycles. The summed E-state index contributed by atoms with van der Waals surface area (Å²) in [5, 5.41) is 5.61. The third-order valence-corrected chi connectivity index (χ3v) is 3.50. The summed E-state index contributed by atoms with van der Waals surface area (Å²) in [4.78, 5) is 11.6. The summed E-state index contributed by atoms with van der Waals surface area (Å²) in [5.41, 5.74) is -2.13. The fraction of sp³-hybridized carbons (Fsp3) is 0.167. The Bertz CT molecular complexity index is 720. The quantitative estimate of drug-likeness (QED) is 0.858. The molecule has 4 nitrogen and oxygen atoms in total. The molecule has 0 saturated carbocycles. The molecule has 2 aromatic rings. The minimum Gasteiger partial charge on any atom is -0.355 e. The lowest BCUT2D eigenvalue weighted by Crippen LogP contribution is -2.23. The molecular weight excluding hydrogens is 366 g/mol. The summed E-state index contributed by atoms with van der Waals surface area (Å²) in [6.07, 6.45) is -4.05. The predicted octanol–water partition coefficient (Wildman–Crippen LogP) is 4.21. The monoisotopic (exact) mass is 371 g/mol. The van der Waals surface area contributed by atoms with Gasteiger partial charge in [-0.25, -0.2) is 4.68 Å². The number of halogens is 6. The maximum Gasteiger partial charge on any atom is 0.434 e. The van der Waals surface area contributed by atoms with Crippen LogP contribution >= 0.6 is 34.8 Å². The highest BCUT2D eigenvalue weighted by atomic mass is 35.5. The molecule has 22 heavy (non-hydrogen) atoms. The zero-order valence-corrected chi connectivity index (χ0v) is 13.1. The van der Waals surface area contributed by atoms with Crippen LogP contribution in [0.25, 0.3) is 5.69 Å². The molecule has 118 valence electrons. The average Bonchev–Trinajstić information content (AvgIpc) is 2.81. The largest absolute Gasteiger partial charge is 0.434 e. The lowest BCUT2D eigenvalue weighted by atomic mass is 10.2. The minimum absolute atomic E-state index is 0.130. The highest BCUT2D eigenvalue weighted by molar-refractivity contribution is 6.40. The number of nitrogens with one attached hydrogen (secondary N) is 1. The van der Waals surface area contributed by atoms with Crippen molar-refractivity contribution in [1.82, 2.24) is 15.1 Å². The lowest BCUT2D eigenvalue weighted by molar-refractivity contribution is -0.143. The van der Waals surface area contributed by atoms with E-state index in [1.54, 1.807) is 0 Å². The van der Waals surface area contributed by atoms with Crippen molar-refractivity contribution in [2.24, 2.45) is 0 Å². The standard InChI is InChI=1S/C12H7Cl3F3N3O/c1-19-11(22)6-4-20-21(10(6)12(16,17)18)9-7(14)2-5(13)3-8(9)15/h2-4H,1H3,(H,19,22). The van der Waals surface area contributed by atoms with Crippen LogP contribution in [0.2, 0.25) is 15.1 Å². The van der Waals surface area contributed by atoms with Crippen LogP contribution in [0.1, 0.15) is 16.1 Å². The summed E-state index contributed by atoms with van der Waals surface area (Å²) in [7, 11) is 1.21. The van der Waals surface area contributed by atoms with E-state index in [4.69, 9.17) is 34.8 Å². The fourth-order valence-corrected chi connectivity index (χ4v) is 2.81. The second-order valence-electron chi connectivity index (χ2n) is 4.11.